The molecule has 0 aliphatic carbocycles. The van der Waals surface area contributed by atoms with Crippen LogP contribution in [0, 0.1) is 15.9 Å². The predicted octanol–water partition coefficient (Wildman–Crippen LogP) is 5.03. The maximum absolute atomic E-state index is 13.9. The lowest BCUT2D eigenvalue weighted by Crippen LogP contribution is -2.58. The second-order valence-electron chi connectivity index (χ2n) is 7.08. The van der Waals surface area contributed by atoms with Gasteiger partial charge in [-0.1, -0.05) is 0 Å². The van der Waals surface area contributed by atoms with Crippen LogP contribution >= 0.6 is 15.9 Å². The molecule has 0 radical (unpaired) electrons. The molecule has 1 atom stereocenters. The highest BCUT2D eigenvalue weighted by Crippen LogP contribution is 2.55. The van der Waals surface area contributed by atoms with E-state index in [4.69, 9.17) is 4.74 Å². The Bertz CT molecular complexity index is 989. The van der Waals surface area contributed by atoms with Crippen molar-refractivity contribution in [3.8, 4) is 5.75 Å². The Morgan fingerprint density at radius 2 is 2.00 bits per heavy atom. The topological polar surface area (TPSA) is 55.6 Å². The fraction of sp³-hybridized carbons (Fsp3) is 0.263. The van der Waals surface area contributed by atoms with E-state index in [2.05, 4.69) is 15.9 Å². The predicted molar refractivity (Wildman–Crippen MR) is 101 cm³/mol. The summed E-state index contributed by atoms with van der Waals surface area (Å²) < 4.78 is 20.8. The van der Waals surface area contributed by atoms with Gasteiger partial charge in [0.1, 0.15) is 11.6 Å². The van der Waals surface area contributed by atoms with E-state index in [0.717, 1.165) is 11.3 Å². The van der Waals surface area contributed by atoms with E-state index in [1.807, 2.05) is 37.9 Å². The Morgan fingerprint density at radius 3 is 2.69 bits per heavy atom. The summed E-state index contributed by atoms with van der Waals surface area (Å²) in [5.74, 6) is 0.241. The number of hydrogen-bond acceptors (Lipinski definition) is 4. The molecule has 2 aliphatic rings. The normalized spacial score (nSPS) is 22.1. The van der Waals surface area contributed by atoms with Crippen LogP contribution in [0.4, 0.5) is 15.8 Å². The van der Waals surface area contributed by atoms with E-state index in [1.165, 1.54) is 24.3 Å². The van der Waals surface area contributed by atoms with E-state index < -0.39 is 16.1 Å². The number of halogens is 2. The number of hydrogen-bond donors (Lipinski definition) is 0. The smallest absolute Gasteiger partial charge is 0.271 e. The molecule has 7 heteroatoms. The summed E-state index contributed by atoms with van der Waals surface area (Å²) in [6.45, 7) is 4.01. The molecule has 2 aromatic carbocycles. The lowest BCUT2D eigenvalue weighted by molar-refractivity contribution is -0.385. The molecule has 0 aromatic heterocycles. The standard InChI is InChI=1S/C19H16BrFN2O3/c1-18(2)14-9-12(21)4-5-16(14)22(3)19(18)7-6-11-8-13(23(24)25)10-15(20)17(11)26-19/h4-10H,1-3H3/t19-/m0/s1. The third kappa shape index (κ3) is 2.06. The number of benzene rings is 2. The van der Waals surface area contributed by atoms with Gasteiger partial charge >= 0.3 is 0 Å². The van der Waals surface area contributed by atoms with E-state index in [-0.39, 0.29) is 11.5 Å². The fourth-order valence-corrected chi connectivity index (χ4v) is 4.48. The molecule has 4 rings (SSSR count). The fourth-order valence-electron chi connectivity index (χ4n) is 3.94. The van der Waals surface area contributed by atoms with Crippen molar-refractivity contribution >= 4 is 33.4 Å². The summed E-state index contributed by atoms with van der Waals surface area (Å²) in [6, 6.07) is 7.64. The first-order valence-electron chi connectivity index (χ1n) is 8.07. The number of fused-ring (bicyclic) bond motifs is 2. The Morgan fingerprint density at radius 1 is 1.27 bits per heavy atom. The van der Waals surface area contributed by atoms with Crippen LogP contribution in [0.3, 0.4) is 0 Å². The number of nitro groups is 1. The maximum atomic E-state index is 13.9. The second kappa shape index (κ2) is 5.30. The molecular weight excluding hydrogens is 403 g/mol. The van der Waals surface area contributed by atoms with Crippen LogP contribution in [0.1, 0.15) is 25.0 Å². The summed E-state index contributed by atoms with van der Waals surface area (Å²) >= 11 is 3.39. The molecule has 2 aromatic rings. The van der Waals surface area contributed by atoms with Gasteiger partial charge in [0.05, 0.1) is 14.8 Å². The van der Waals surface area contributed by atoms with E-state index >= 15 is 0 Å². The molecule has 2 aliphatic heterocycles. The largest absolute Gasteiger partial charge is 0.462 e. The molecule has 134 valence electrons. The molecule has 1 spiro atoms. The summed E-state index contributed by atoms with van der Waals surface area (Å²) in [7, 11) is 1.90. The Hall–Kier alpha value is -2.41. The van der Waals surface area contributed by atoms with Crippen molar-refractivity contribution in [2.75, 3.05) is 11.9 Å². The summed E-state index contributed by atoms with van der Waals surface area (Å²) in [5.41, 5.74) is 0.949. The first kappa shape index (κ1) is 17.0. The van der Waals surface area contributed by atoms with Gasteiger partial charge in [-0.3, -0.25) is 10.1 Å². The molecule has 5 nitrogen and oxygen atoms in total. The van der Waals surface area contributed by atoms with Crippen molar-refractivity contribution in [1.82, 2.24) is 0 Å². The van der Waals surface area contributed by atoms with Crippen LogP contribution in [0.2, 0.25) is 0 Å². The average Bonchev–Trinajstić information content (AvgIpc) is 2.74. The van der Waals surface area contributed by atoms with Gasteiger partial charge in [0.15, 0.2) is 0 Å². The summed E-state index contributed by atoms with van der Waals surface area (Å²) in [4.78, 5) is 12.6. The van der Waals surface area contributed by atoms with Crippen LogP contribution in [-0.2, 0) is 5.41 Å². The van der Waals surface area contributed by atoms with Crippen molar-refractivity contribution in [1.29, 1.82) is 0 Å². The van der Waals surface area contributed by atoms with Gasteiger partial charge in [-0.2, -0.15) is 0 Å². The van der Waals surface area contributed by atoms with Gasteiger partial charge in [0.2, 0.25) is 5.72 Å². The third-order valence-corrected chi connectivity index (χ3v) is 5.99. The molecule has 0 amide bonds. The zero-order valence-corrected chi connectivity index (χ0v) is 16.0. The van der Waals surface area contributed by atoms with E-state index in [0.29, 0.717) is 15.8 Å². The average molecular weight is 419 g/mol. The molecule has 26 heavy (non-hydrogen) atoms. The zero-order chi connectivity index (χ0) is 18.9. The van der Waals surface area contributed by atoms with Crippen molar-refractivity contribution < 1.29 is 14.1 Å². The number of nitro benzene ring substituents is 1. The highest BCUT2D eigenvalue weighted by molar-refractivity contribution is 9.10. The molecular formula is C19H16BrFN2O3. The lowest BCUT2D eigenvalue weighted by Gasteiger charge is -2.46. The first-order chi connectivity index (χ1) is 12.2. The zero-order valence-electron chi connectivity index (χ0n) is 14.4. The number of rotatable bonds is 1. The summed E-state index contributed by atoms with van der Waals surface area (Å²) in [5, 5.41) is 11.1. The third-order valence-electron chi connectivity index (χ3n) is 5.40. The monoisotopic (exact) mass is 418 g/mol. The van der Waals surface area contributed by atoms with Crippen LogP contribution in [0.25, 0.3) is 6.08 Å². The maximum Gasteiger partial charge on any atom is 0.271 e. The van der Waals surface area contributed by atoms with Crippen LogP contribution < -0.4 is 9.64 Å². The number of likely N-dealkylation sites (N-methyl/N-ethyl adjacent to an activating group) is 1. The second-order valence-corrected chi connectivity index (χ2v) is 7.93. The molecule has 0 N–H and O–H groups in total. The summed E-state index contributed by atoms with van der Waals surface area (Å²) in [6.07, 6.45) is 3.72. The minimum absolute atomic E-state index is 0.00998. The molecule has 0 saturated heterocycles. The molecule has 0 fully saturated rings. The molecule has 0 bridgehead atoms. The van der Waals surface area contributed by atoms with Crippen LogP contribution in [0.15, 0.2) is 40.9 Å². The molecule has 0 unspecified atom stereocenters. The van der Waals surface area contributed by atoms with E-state index in [1.54, 1.807) is 6.07 Å². The van der Waals surface area contributed by atoms with Crippen LogP contribution in [-0.4, -0.2) is 17.7 Å². The van der Waals surface area contributed by atoms with Gasteiger partial charge in [-0.25, -0.2) is 4.39 Å². The van der Waals surface area contributed by atoms with Crippen molar-refractivity contribution in [2.45, 2.75) is 25.0 Å². The van der Waals surface area contributed by atoms with Crippen molar-refractivity contribution in [3.63, 3.8) is 0 Å². The first-order valence-corrected chi connectivity index (χ1v) is 8.87. The lowest BCUT2D eigenvalue weighted by atomic mass is 9.76. The number of ether oxygens (including phenoxy) is 1. The molecule has 2 heterocycles. The highest BCUT2D eigenvalue weighted by atomic mass is 79.9. The van der Waals surface area contributed by atoms with Gasteiger partial charge in [0, 0.05) is 30.4 Å². The van der Waals surface area contributed by atoms with Gasteiger partial charge in [-0.05, 0) is 65.7 Å². The number of anilines is 1. The van der Waals surface area contributed by atoms with Gasteiger partial charge in [-0.15, -0.1) is 0 Å². The van der Waals surface area contributed by atoms with Crippen molar-refractivity contribution in [3.05, 3.63) is 67.9 Å². The Balaban J connectivity index is 1.88. The van der Waals surface area contributed by atoms with Gasteiger partial charge < -0.3 is 9.64 Å². The molecule has 0 saturated carbocycles. The Kier molecular flexibility index (Phi) is 3.47. The van der Waals surface area contributed by atoms with E-state index in [9.17, 15) is 14.5 Å². The van der Waals surface area contributed by atoms with Gasteiger partial charge in [0.25, 0.3) is 5.69 Å². The quantitative estimate of drug-likeness (QED) is 0.481. The van der Waals surface area contributed by atoms with Crippen molar-refractivity contribution in [2.24, 2.45) is 0 Å². The number of nitrogens with zero attached hydrogens (tertiary/aromatic N) is 2. The Labute approximate surface area is 158 Å². The minimum Gasteiger partial charge on any atom is -0.462 e. The SMILES string of the molecule is CN1c2ccc(F)cc2C(C)(C)[C@@]12C=Cc1cc([N+](=O)[O-])cc(Br)c1O2. The van der Waals surface area contributed by atoms with Crippen LogP contribution in [0.5, 0.6) is 5.75 Å². The number of non-ortho nitro benzene ring substituents is 1. The highest BCUT2D eigenvalue weighted by Gasteiger charge is 2.58. The minimum atomic E-state index is -0.866.